The van der Waals surface area contributed by atoms with Crippen molar-refractivity contribution in [1.29, 1.82) is 0 Å². The largest absolute Gasteiger partial charge is 0.491 e. The van der Waals surface area contributed by atoms with E-state index in [2.05, 4.69) is 40.3 Å². The summed E-state index contributed by atoms with van der Waals surface area (Å²) < 4.78 is 5.85. The fraction of sp³-hybridized carbons (Fsp3) is 0.231. The van der Waals surface area contributed by atoms with Gasteiger partial charge in [-0.05, 0) is 22.4 Å². The van der Waals surface area contributed by atoms with E-state index >= 15 is 0 Å². The molecule has 0 unspecified atom stereocenters. The van der Waals surface area contributed by atoms with Crippen LogP contribution in [0, 0.1) is 0 Å². The van der Waals surface area contributed by atoms with Crippen LogP contribution in [0.3, 0.4) is 0 Å². The van der Waals surface area contributed by atoms with E-state index in [1.165, 1.54) is 16.7 Å². The van der Waals surface area contributed by atoms with Crippen LogP contribution in [0.15, 0.2) is 35.0 Å². The summed E-state index contributed by atoms with van der Waals surface area (Å²) in [6.45, 7) is 2.55. The zero-order valence-electron chi connectivity index (χ0n) is 9.31. The minimum absolute atomic E-state index is 0. The van der Waals surface area contributed by atoms with Crippen molar-refractivity contribution < 1.29 is 4.74 Å². The van der Waals surface area contributed by atoms with Gasteiger partial charge in [0.1, 0.15) is 12.4 Å². The lowest BCUT2D eigenvalue weighted by molar-refractivity contribution is 0.327. The fourth-order valence-corrected chi connectivity index (χ4v) is 2.64. The summed E-state index contributed by atoms with van der Waals surface area (Å²) in [6.07, 6.45) is 0. The molecule has 90 valence electrons. The third-order valence-corrected chi connectivity index (χ3v) is 3.45. The molecule has 0 bridgehead atoms. The molecule has 0 amide bonds. The van der Waals surface area contributed by atoms with E-state index in [9.17, 15) is 0 Å². The Hall–Kier alpha value is -1.03. The number of hydrogen-bond donors (Lipinski definition) is 1. The molecule has 17 heavy (non-hydrogen) atoms. The Morgan fingerprint density at radius 2 is 2.18 bits per heavy atom. The van der Waals surface area contributed by atoms with E-state index in [1.54, 1.807) is 11.3 Å². The Kier molecular flexibility index (Phi) is 4.05. The molecule has 1 N–H and O–H groups in total. The zero-order chi connectivity index (χ0) is 10.8. The molecule has 0 saturated carbocycles. The van der Waals surface area contributed by atoms with Gasteiger partial charge >= 0.3 is 0 Å². The number of nitrogens with one attached hydrogen (secondary N) is 1. The Morgan fingerprint density at radius 1 is 1.24 bits per heavy atom. The molecule has 0 atom stereocenters. The van der Waals surface area contributed by atoms with Crippen LogP contribution in [-0.2, 0) is 6.54 Å². The van der Waals surface area contributed by atoms with Crippen molar-refractivity contribution in [3.8, 4) is 16.9 Å². The van der Waals surface area contributed by atoms with Gasteiger partial charge in [0.25, 0.3) is 0 Å². The zero-order valence-corrected chi connectivity index (χ0v) is 10.9. The molecule has 2 heterocycles. The Morgan fingerprint density at radius 3 is 3.00 bits per heavy atom. The van der Waals surface area contributed by atoms with Gasteiger partial charge in [-0.1, -0.05) is 18.2 Å². The number of benzene rings is 1. The van der Waals surface area contributed by atoms with Crippen molar-refractivity contribution in [3.63, 3.8) is 0 Å². The van der Waals surface area contributed by atoms with E-state index in [0.29, 0.717) is 0 Å². The van der Waals surface area contributed by atoms with E-state index in [1.807, 2.05) is 0 Å². The number of fused-ring (bicyclic) bond motifs is 1. The second-order valence-corrected chi connectivity index (χ2v) is 4.61. The predicted octanol–water partition coefficient (Wildman–Crippen LogP) is 3.32. The first kappa shape index (κ1) is 12.4. The highest BCUT2D eigenvalue weighted by Gasteiger charge is 2.13. The number of ether oxygens (including phenoxy) is 1. The quantitative estimate of drug-likeness (QED) is 0.856. The van der Waals surface area contributed by atoms with Gasteiger partial charge in [0, 0.05) is 24.2 Å². The second-order valence-electron chi connectivity index (χ2n) is 3.83. The van der Waals surface area contributed by atoms with E-state index in [4.69, 9.17) is 4.74 Å². The molecule has 2 aromatic rings. The van der Waals surface area contributed by atoms with Gasteiger partial charge in [-0.15, -0.1) is 12.4 Å². The lowest BCUT2D eigenvalue weighted by atomic mass is 10.0. The molecular weight excluding hydrogens is 254 g/mol. The third-order valence-electron chi connectivity index (χ3n) is 2.77. The van der Waals surface area contributed by atoms with E-state index in [-0.39, 0.29) is 12.4 Å². The maximum atomic E-state index is 5.85. The molecule has 1 aromatic carbocycles. The number of hydrogen-bond acceptors (Lipinski definition) is 3. The Balaban J connectivity index is 0.00000108. The highest BCUT2D eigenvalue weighted by molar-refractivity contribution is 7.08. The Labute approximate surface area is 111 Å². The van der Waals surface area contributed by atoms with Crippen molar-refractivity contribution in [2.45, 2.75) is 6.54 Å². The second kappa shape index (κ2) is 5.54. The van der Waals surface area contributed by atoms with Crippen molar-refractivity contribution in [3.05, 3.63) is 40.6 Å². The van der Waals surface area contributed by atoms with Crippen LogP contribution < -0.4 is 10.1 Å². The molecule has 4 heteroatoms. The average Bonchev–Trinajstić information content (AvgIpc) is 2.73. The molecule has 2 nitrogen and oxygen atoms in total. The van der Waals surface area contributed by atoms with Crippen molar-refractivity contribution in [2.24, 2.45) is 0 Å². The minimum atomic E-state index is 0. The first-order valence-electron chi connectivity index (χ1n) is 5.43. The van der Waals surface area contributed by atoms with Gasteiger partial charge in [0.05, 0.1) is 0 Å². The SMILES string of the molecule is Cl.c1cc2c(c(-c3ccsc3)c1)OCCNC2. The number of halogens is 1. The predicted molar refractivity (Wildman–Crippen MR) is 74.2 cm³/mol. The molecule has 1 aromatic heterocycles. The molecular formula is C13H14ClNOS. The molecule has 0 spiro atoms. The smallest absolute Gasteiger partial charge is 0.131 e. The lowest BCUT2D eigenvalue weighted by Gasteiger charge is -2.11. The average molecular weight is 268 g/mol. The number of para-hydroxylation sites is 1. The topological polar surface area (TPSA) is 21.3 Å². The minimum Gasteiger partial charge on any atom is -0.491 e. The lowest BCUT2D eigenvalue weighted by Crippen LogP contribution is -2.16. The summed E-state index contributed by atoms with van der Waals surface area (Å²) in [5.41, 5.74) is 3.72. The van der Waals surface area contributed by atoms with E-state index < -0.39 is 0 Å². The Bertz CT molecular complexity index is 484. The maximum Gasteiger partial charge on any atom is 0.131 e. The molecule has 0 saturated heterocycles. The summed E-state index contributed by atoms with van der Waals surface area (Å²) in [4.78, 5) is 0. The van der Waals surface area contributed by atoms with Crippen LogP contribution >= 0.6 is 23.7 Å². The first-order chi connectivity index (χ1) is 7.95. The maximum absolute atomic E-state index is 5.85. The third kappa shape index (κ3) is 2.46. The normalized spacial score (nSPS) is 14.1. The summed E-state index contributed by atoms with van der Waals surface area (Å²) >= 11 is 1.72. The number of rotatable bonds is 1. The van der Waals surface area contributed by atoms with Crippen LogP contribution in [0.25, 0.3) is 11.1 Å². The molecule has 1 aliphatic heterocycles. The van der Waals surface area contributed by atoms with Gasteiger partial charge in [-0.3, -0.25) is 0 Å². The molecule has 0 fully saturated rings. The van der Waals surface area contributed by atoms with Gasteiger partial charge in [0.15, 0.2) is 0 Å². The molecule has 0 aliphatic carbocycles. The fourth-order valence-electron chi connectivity index (χ4n) is 1.99. The highest BCUT2D eigenvalue weighted by Crippen LogP contribution is 2.34. The summed E-state index contributed by atoms with van der Waals surface area (Å²) in [7, 11) is 0. The van der Waals surface area contributed by atoms with Gasteiger partial charge in [0.2, 0.25) is 0 Å². The molecule has 3 rings (SSSR count). The molecule has 0 radical (unpaired) electrons. The van der Waals surface area contributed by atoms with Crippen molar-refractivity contribution in [1.82, 2.24) is 5.32 Å². The summed E-state index contributed by atoms with van der Waals surface area (Å²) in [6, 6.07) is 8.50. The highest BCUT2D eigenvalue weighted by atomic mass is 35.5. The number of thiophene rings is 1. The summed E-state index contributed by atoms with van der Waals surface area (Å²) in [5.74, 6) is 1.05. The van der Waals surface area contributed by atoms with Crippen molar-refractivity contribution in [2.75, 3.05) is 13.2 Å². The van der Waals surface area contributed by atoms with Crippen LogP contribution in [0.2, 0.25) is 0 Å². The van der Waals surface area contributed by atoms with Gasteiger partial charge in [-0.25, -0.2) is 0 Å². The summed E-state index contributed by atoms with van der Waals surface area (Å²) in [5, 5.41) is 7.62. The first-order valence-corrected chi connectivity index (χ1v) is 6.37. The van der Waals surface area contributed by atoms with Gasteiger partial charge in [-0.2, -0.15) is 11.3 Å². The van der Waals surface area contributed by atoms with Crippen LogP contribution in [0.1, 0.15) is 5.56 Å². The van der Waals surface area contributed by atoms with E-state index in [0.717, 1.165) is 25.4 Å². The monoisotopic (exact) mass is 267 g/mol. The van der Waals surface area contributed by atoms with Crippen LogP contribution in [0.4, 0.5) is 0 Å². The standard InChI is InChI=1S/C13H13NOS.ClH/c1-2-10-8-14-5-6-15-13(10)12(3-1)11-4-7-16-9-11;/h1-4,7,9,14H,5-6,8H2;1H. The van der Waals surface area contributed by atoms with Crippen molar-refractivity contribution >= 4 is 23.7 Å². The van der Waals surface area contributed by atoms with Gasteiger partial charge < -0.3 is 10.1 Å². The molecule has 1 aliphatic rings. The van der Waals surface area contributed by atoms with Crippen LogP contribution in [0.5, 0.6) is 5.75 Å². The van der Waals surface area contributed by atoms with Crippen LogP contribution in [-0.4, -0.2) is 13.2 Å².